The Bertz CT molecular complexity index is 1170. The average Bonchev–Trinajstić information content (AvgIpc) is 3.28. The van der Waals surface area contributed by atoms with Crippen molar-refractivity contribution in [1.29, 1.82) is 0 Å². The highest BCUT2D eigenvalue weighted by Crippen LogP contribution is 2.16. The maximum Gasteiger partial charge on any atom is 0.306 e. The summed E-state index contributed by atoms with van der Waals surface area (Å²) in [6.07, 6.45) is 64.3. The number of carbonyl (C=O) groups is 2. The van der Waals surface area contributed by atoms with Gasteiger partial charge in [-0.25, -0.2) is 0 Å². The van der Waals surface area contributed by atoms with Gasteiger partial charge in [-0.05, 0) is 76.7 Å². The van der Waals surface area contributed by atoms with Gasteiger partial charge in [-0.15, -0.1) is 0 Å². The van der Waals surface area contributed by atoms with Crippen molar-refractivity contribution in [2.75, 3.05) is 6.61 Å². The average molecular weight is 880 g/mol. The standard InChI is InChI=1S/C57H101NO5/c1-4-7-10-13-16-19-22-24-26-28-30-32-35-38-41-44-47-50-57(62)63-53(48-45-42-39-36-33-21-18-15-12-9-6-3)51-56(61)58-54(52-59)55(60)49-46-43-40-37-34-31-29-27-25-23-20-17-14-11-8-5-2/h16,19,24,26,30,32,36,38-39,41,45,48,53-55,59-60H,4-15,17-18,20-23,25,27-29,31,33-35,37,40,42-44,46-47,49-52H2,1-3H3,(H,58,61)/b19-16-,26-24-,32-30-,39-36-,41-38-,48-45+. The van der Waals surface area contributed by atoms with Crippen LogP contribution in [0, 0.1) is 0 Å². The lowest BCUT2D eigenvalue weighted by molar-refractivity contribution is -0.148. The largest absolute Gasteiger partial charge is 0.458 e. The minimum Gasteiger partial charge on any atom is -0.458 e. The number of hydrogen-bond acceptors (Lipinski definition) is 5. The van der Waals surface area contributed by atoms with E-state index >= 15 is 0 Å². The maximum absolute atomic E-state index is 13.2. The third kappa shape index (κ3) is 45.7. The van der Waals surface area contributed by atoms with Crippen LogP contribution < -0.4 is 5.32 Å². The van der Waals surface area contributed by atoms with E-state index < -0.39 is 18.2 Å². The van der Waals surface area contributed by atoms with Crippen LogP contribution in [-0.4, -0.2) is 46.9 Å². The monoisotopic (exact) mass is 880 g/mol. The number of aliphatic hydroxyl groups is 2. The summed E-state index contributed by atoms with van der Waals surface area (Å²) in [4.78, 5) is 26.0. The van der Waals surface area contributed by atoms with Crippen LogP contribution >= 0.6 is 0 Å². The third-order valence-corrected chi connectivity index (χ3v) is 11.8. The molecule has 3 N–H and O–H groups in total. The normalized spacial score (nSPS) is 13.8. The van der Waals surface area contributed by atoms with Crippen LogP contribution in [0.3, 0.4) is 0 Å². The molecule has 364 valence electrons. The summed E-state index contributed by atoms with van der Waals surface area (Å²) in [6, 6.07) is -0.746. The van der Waals surface area contributed by atoms with Gasteiger partial charge in [0, 0.05) is 6.42 Å². The van der Waals surface area contributed by atoms with Crippen LogP contribution in [0.15, 0.2) is 72.9 Å². The molecule has 0 aromatic rings. The van der Waals surface area contributed by atoms with E-state index in [-0.39, 0.29) is 31.3 Å². The number of amides is 1. The first-order chi connectivity index (χ1) is 31.0. The number of aliphatic hydroxyl groups excluding tert-OH is 2. The molecule has 0 saturated carbocycles. The van der Waals surface area contributed by atoms with Crippen LogP contribution in [-0.2, 0) is 14.3 Å². The SMILES string of the molecule is CCCCC/C=C\C/C=C\C/C=C\C/C=C\CCCC(=O)OC(/C=C/C/C=C\CCCCCCCC)CC(=O)NC(CO)C(O)CCCCCCCCCCCCCCCCCC. The zero-order chi connectivity index (χ0) is 45.9. The van der Waals surface area contributed by atoms with Crippen molar-refractivity contribution in [3.05, 3.63) is 72.9 Å². The quantitative estimate of drug-likeness (QED) is 0.0321. The van der Waals surface area contributed by atoms with Gasteiger partial charge < -0.3 is 20.3 Å². The molecule has 0 aliphatic rings. The van der Waals surface area contributed by atoms with E-state index in [1.165, 1.54) is 148 Å². The van der Waals surface area contributed by atoms with E-state index in [4.69, 9.17) is 4.74 Å². The highest BCUT2D eigenvalue weighted by atomic mass is 16.5. The number of esters is 1. The smallest absolute Gasteiger partial charge is 0.306 e. The van der Waals surface area contributed by atoms with Gasteiger partial charge in [0.2, 0.25) is 5.91 Å². The zero-order valence-corrected chi connectivity index (χ0v) is 41.4. The highest BCUT2D eigenvalue weighted by Gasteiger charge is 2.23. The minimum atomic E-state index is -0.823. The van der Waals surface area contributed by atoms with E-state index in [0.29, 0.717) is 19.3 Å². The van der Waals surface area contributed by atoms with E-state index in [0.717, 1.165) is 51.4 Å². The Hall–Kier alpha value is -2.70. The molecule has 0 rings (SSSR count). The van der Waals surface area contributed by atoms with Crippen molar-refractivity contribution < 1.29 is 24.5 Å². The molecule has 0 aliphatic heterocycles. The molecule has 0 bridgehead atoms. The lowest BCUT2D eigenvalue weighted by atomic mass is 10.0. The summed E-state index contributed by atoms with van der Waals surface area (Å²) in [5.74, 6) is -0.670. The van der Waals surface area contributed by atoms with E-state index in [1.54, 1.807) is 6.08 Å². The Morgan fingerprint density at radius 2 is 0.841 bits per heavy atom. The number of carbonyl (C=O) groups excluding carboxylic acids is 2. The van der Waals surface area contributed by atoms with Crippen molar-refractivity contribution in [3.8, 4) is 0 Å². The summed E-state index contributed by atoms with van der Waals surface area (Å²) >= 11 is 0. The second-order valence-corrected chi connectivity index (χ2v) is 17.9. The van der Waals surface area contributed by atoms with Crippen LogP contribution in [0.1, 0.15) is 252 Å². The molecule has 0 spiro atoms. The van der Waals surface area contributed by atoms with Crippen molar-refractivity contribution in [2.45, 2.75) is 270 Å². The van der Waals surface area contributed by atoms with E-state index in [9.17, 15) is 19.8 Å². The van der Waals surface area contributed by atoms with Gasteiger partial charge >= 0.3 is 5.97 Å². The van der Waals surface area contributed by atoms with Crippen molar-refractivity contribution >= 4 is 11.9 Å². The molecule has 1 amide bonds. The first kappa shape index (κ1) is 60.3. The Kier molecular flexibility index (Phi) is 48.1. The van der Waals surface area contributed by atoms with Gasteiger partial charge in [0.1, 0.15) is 6.10 Å². The van der Waals surface area contributed by atoms with E-state index in [1.807, 2.05) is 6.08 Å². The fraction of sp³-hybridized carbons (Fsp3) is 0.754. The van der Waals surface area contributed by atoms with Crippen molar-refractivity contribution in [1.82, 2.24) is 5.32 Å². The molecule has 0 aromatic carbocycles. The number of unbranched alkanes of at least 4 members (excludes halogenated alkanes) is 25. The van der Waals surface area contributed by atoms with Crippen molar-refractivity contribution in [2.24, 2.45) is 0 Å². The second-order valence-electron chi connectivity index (χ2n) is 17.9. The molecule has 63 heavy (non-hydrogen) atoms. The second kappa shape index (κ2) is 50.3. The van der Waals surface area contributed by atoms with Gasteiger partial charge in [-0.3, -0.25) is 9.59 Å². The molecule has 6 heteroatoms. The molecule has 6 nitrogen and oxygen atoms in total. The molecule has 0 aliphatic carbocycles. The Labute approximate surface area is 390 Å². The fourth-order valence-corrected chi connectivity index (χ4v) is 7.68. The molecule has 0 fully saturated rings. The van der Waals surface area contributed by atoms with Gasteiger partial charge in [-0.1, -0.05) is 235 Å². The molecule has 0 radical (unpaired) electrons. The number of rotatable bonds is 47. The van der Waals surface area contributed by atoms with Gasteiger partial charge in [0.25, 0.3) is 0 Å². The summed E-state index contributed by atoms with van der Waals surface area (Å²) in [5, 5.41) is 23.7. The lowest BCUT2D eigenvalue weighted by Gasteiger charge is -2.23. The minimum absolute atomic E-state index is 0.0524. The van der Waals surface area contributed by atoms with E-state index in [2.05, 4.69) is 86.8 Å². The molecule has 0 saturated heterocycles. The lowest BCUT2D eigenvalue weighted by Crippen LogP contribution is -2.46. The van der Waals surface area contributed by atoms with Gasteiger partial charge in [-0.2, -0.15) is 0 Å². The molecular formula is C57H101NO5. The summed E-state index contributed by atoms with van der Waals surface area (Å²) in [5.41, 5.74) is 0. The van der Waals surface area contributed by atoms with Crippen LogP contribution in [0.25, 0.3) is 0 Å². The topological polar surface area (TPSA) is 95.9 Å². The third-order valence-electron chi connectivity index (χ3n) is 11.8. The molecular weight excluding hydrogens is 779 g/mol. The molecule has 0 heterocycles. The Morgan fingerprint density at radius 3 is 1.30 bits per heavy atom. The summed E-state index contributed by atoms with van der Waals surface area (Å²) in [6.45, 7) is 6.41. The first-order valence-corrected chi connectivity index (χ1v) is 26.7. The highest BCUT2D eigenvalue weighted by molar-refractivity contribution is 5.78. The number of allylic oxidation sites excluding steroid dienone is 11. The number of nitrogens with one attached hydrogen (secondary N) is 1. The molecule has 3 unspecified atom stereocenters. The van der Waals surface area contributed by atoms with Crippen LogP contribution in [0.2, 0.25) is 0 Å². The summed E-state index contributed by atoms with van der Waals surface area (Å²) < 4.78 is 5.80. The van der Waals surface area contributed by atoms with Crippen LogP contribution in [0.5, 0.6) is 0 Å². The fourth-order valence-electron chi connectivity index (χ4n) is 7.68. The van der Waals surface area contributed by atoms with Gasteiger partial charge in [0.15, 0.2) is 0 Å². The molecule has 3 atom stereocenters. The zero-order valence-electron chi connectivity index (χ0n) is 41.4. The predicted molar refractivity (Wildman–Crippen MR) is 273 cm³/mol. The van der Waals surface area contributed by atoms with Crippen molar-refractivity contribution in [3.63, 3.8) is 0 Å². The number of ether oxygens (including phenoxy) is 1. The number of hydrogen-bond donors (Lipinski definition) is 3. The maximum atomic E-state index is 13.2. The molecule has 0 aromatic heterocycles. The summed E-state index contributed by atoms with van der Waals surface area (Å²) in [7, 11) is 0. The van der Waals surface area contributed by atoms with Crippen LogP contribution in [0.4, 0.5) is 0 Å². The van der Waals surface area contributed by atoms with Gasteiger partial charge in [0.05, 0.1) is 25.2 Å². The Morgan fingerprint density at radius 1 is 0.476 bits per heavy atom. The Balaban J connectivity index is 4.65. The predicted octanol–water partition coefficient (Wildman–Crippen LogP) is 16.2. The first-order valence-electron chi connectivity index (χ1n) is 26.7.